The predicted molar refractivity (Wildman–Crippen MR) is 141 cm³/mol. The normalized spacial score (nSPS) is 10.9. The number of hydrogen-bond donors (Lipinski definition) is 0. The van der Waals surface area contributed by atoms with Crippen LogP contribution in [0.5, 0.6) is 0 Å². The molecule has 5 rings (SSSR count). The molecule has 4 heterocycles. The smallest absolute Gasteiger partial charge is 0.173 e. The number of aromatic nitrogens is 4. The van der Waals surface area contributed by atoms with Gasteiger partial charge >= 0.3 is 0 Å². The van der Waals surface area contributed by atoms with Gasteiger partial charge in [-0.05, 0) is 42.2 Å². The summed E-state index contributed by atoms with van der Waals surface area (Å²) < 4.78 is 8.83. The van der Waals surface area contributed by atoms with Crippen LogP contribution in [0.15, 0.2) is 122 Å². The lowest BCUT2D eigenvalue weighted by atomic mass is 10.1. The van der Waals surface area contributed by atoms with Crippen molar-refractivity contribution in [1.29, 1.82) is 0 Å². The summed E-state index contributed by atoms with van der Waals surface area (Å²) in [6.45, 7) is 8.00. The largest absolute Gasteiger partial charge is 0.205 e. The molecule has 178 valence electrons. The van der Waals surface area contributed by atoms with Gasteiger partial charge in [-0.2, -0.15) is 0 Å². The van der Waals surface area contributed by atoms with E-state index in [9.17, 15) is 0 Å². The fourth-order valence-corrected chi connectivity index (χ4v) is 4.48. The maximum atomic E-state index is 2.31. The fourth-order valence-electron chi connectivity index (χ4n) is 4.48. The van der Waals surface area contributed by atoms with Crippen LogP contribution in [0.3, 0.4) is 0 Å². The number of rotatable bonds is 8. The number of nitrogens with zero attached hydrogens (tertiary/aromatic N) is 4. The van der Waals surface area contributed by atoms with Crippen LogP contribution >= 0.6 is 0 Å². The average Bonchev–Trinajstić information content (AvgIpc) is 2.94. The first-order chi connectivity index (χ1) is 17.7. The molecule has 0 aliphatic heterocycles. The van der Waals surface area contributed by atoms with Gasteiger partial charge in [-0.25, -0.2) is 18.3 Å². The summed E-state index contributed by atoms with van der Waals surface area (Å²) in [5.41, 5.74) is 7.58. The zero-order valence-corrected chi connectivity index (χ0v) is 21.2. The lowest BCUT2D eigenvalue weighted by Gasteiger charge is -2.04. The molecular formula is C32H34N4+4. The van der Waals surface area contributed by atoms with E-state index in [1.807, 2.05) is 0 Å². The van der Waals surface area contributed by atoms with Crippen LogP contribution in [0.1, 0.15) is 25.0 Å². The molecule has 4 aromatic heterocycles. The van der Waals surface area contributed by atoms with Crippen molar-refractivity contribution in [2.75, 3.05) is 0 Å². The first-order valence-electron chi connectivity index (χ1n) is 12.7. The Morgan fingerprint density at radius 3 is 1.03 bits per heavy atom. The van der Waals surface area contributed by atoms with E-state index in [2.05, 4.69) is 154 Å². The molecule has 0 fully saturated rings. The van der Waals surface area contributed by atoms with Crippen LogP contribution < -0.4 is 18.3 Å². The van der Waals surface area contributed by atoms with Gasteiger partial charge in [-0.1, -0.05) is 18.2 Å². The molecule has 0 aliphatic rings. The van der Waals surface area contributed by atoms with Gasteiger partial charge in [0, 0.05) is 59.7 Å². The minimum atomic E-state index is 0.855. The molecule has 1 aromatic carbocycles. The Morgan fingerprint density at radius 2 is 0.722 bits per heavy atom. The molecule has 5 aromatic rings. The van der Waals surface area contributed by atoms with Crippen molar-refractivity contribution in [3.8, 4) is 22.3 Å². The Balaban J connectivity index is 1.23. The molecule has 36 heavy (non-hydrogen) atoms. The molecule has 0 amide bonds. The van der Waals surface area contributed by atoms with Gasteiger partial charge in [-0.3, -0.25) is 0 Å². The molecule has 0 spiro atoms. The highest BCUT2D eigenvalue weighted by atomic mass is 14.9. The molecule has 0 aliphatic carbocycles. The molecule has 4 heteroatoms. The monoisotopic (exact) mass is 474 g/mol. The highest BCUT2D eigenvalue weighted by Gasteiger charge is 2.09. The van der Waals surface area contributed by atoms with Crippen LogP contribution in [0.25, 0.3) is 22.3 Å². The van der Waals surface area contributed by atoms with E-state index in [0.717, 1.165) is 26.2 Å². The van der Waals surface area contributed by atoms with Crippen molar-refractivity contribution in [1.82, 2.24) is 0 Å². The zero-order valence-electron chi connectivity index (χ0n) is 21.2. The van der Waals surface area contributed by atoms with Crippen molar-refractivity contribution in [2.24, 2.45) is 0 Å². The summed E-state index contributed by atoms with van der Waals surface area (Å²) in [7, 11) is 0. The van der Waals surface area contributed by atoms with Gasteiger partial charge in [-0.15, -0.1) is 0 Å². The van der Waals surface area contributed by atoms with E-state index >= 15 is 0 Å². The van der Waals surface area contributed by atoms with Crippen molar-refractivity contribution in [3.63, 3.8) is 0 Å². The quantitative estimate of drug-likeness (QED) is 0.298. The van der Waals surface area contributed by atoms with E-state index in [1.54, 1.807) is 0 Å². The Bertz CT molecular complexity index is 1300. The van der Waals surface area contributed by atoms with Crippen molar-refractivity contribution < 1.29 is 18.3 Å². The van der Waals surface area contributed by atoms with Gasteiger partial charge in [0.2, 0.25) is 0 Å². The van der Waals surface area contributed by atoms with Crippen LogP contribution in [0.4, 0.5) is 0 Å². The third-order valence-electron chi connectivity index (χ3n) is 6.68. The standard InChI is InChI=1S/C32H34N4/c1-3-33-16-8-29(9-17-33)31-12-20-35(21-13-31)25-27-6-5-7-28(24-27)26-36-22-14-32(15-23-36)30-10-18-34(4-2)19-11-30/h5-24H,3-4,25-26H2,1-2H3/q+4. The van der Waals surface area contributed by atoms with Gasteiger partial charge in [0.05, 0.1) is 0 Å². The summed E-state index contributed by atoms with van der Waals surface area (Å²) in [4.78, 5) is 0. The Labute approximate surface area is 214 Å². The second-order valence-electron chi connectivity index (χ2n) is 9.17. The molecule has 0 bridgehead atoms. The maximum absolute atomic E-state index is 2.31. The number of benzene rings is 1. The van der Waals surface area contributed by atoms with Crippen LogP contribution in [-0.4, -0.2) is 0 Å². The number of hydrogen-bond acceptors (Lipinski definition) is 0. The van der Waals surface area contributed by atoms with Gasteiger partial charge in [0.15, 0.2) is 62.7 Å². The highest BCUT2D eigenvalue weighted by Crippen LogP contribution is 2.17. The summed E-state index contributed by atoms with van der Waals surface area (Å²) in [5, 5.41) is 0. The molecule has 0 saturated carbocycles. The van der Waals surface area contributed by atoms with Crippen LogP contribution in [0, 0.1) is 0 Å². The van der Waals surface area contributed by atoms with E-state index < -0.39 is 0 Å². The van der Waals surface area contributed by atoms with Crippen molar-refractivity contribution in [3.05, 3.63) is 133 Å². The van der Waals surface area contributed by atoms with Gasteiger partial charge in [0.25, 0.3) is 0 Å². The Kier molecular flexibility index (Phi) is 7.23. The summed E-state index contributed by atoms with van der Waals surface area (Å²) in [6.07, 6.45) is 17.2. The molecule has 4 nitrogen and oxygen atoms in total. The SMILES string of the molecule is CC[n+]1ccc(-c2cc[n+](Cc3cccc(C[n+]4ccc(-c5cc[n+](CC)cc5)cc4)c3)cc2)cc1. The third-order valence-corrected chi connectivity index (χ3v) is 6.68. The first kappa shape index (κ1) is 23.6. The average molecular weight is 475 g/mol. The number of pyridine rings is 4. The van der Waals surface area contributed by atoms with E-state index in [4.69, 9.17) is 0 Å². The summed E-state index contributed by atoms with van der Waals surface area (Å²) >= 11 is 0. The Hall–Kier alpha value is -4.18. The first-order valence-corrected chi connectivity index (χ1v) is 12.7. The highest BCUT2D eigenvalue weighted by molar-refractivity contribution is 5.61. The second kappa shape index (κ2) is 11.0. The van der Waals surface area contributed by atoms with Crippen LogP contribution in [0.2, 0.25) is 0 Å². The lowest BCUT2D eigenvalue weighted by molar-refractivity contribution is -0.693. The van der Waals surface area contributed by atoms with Gasteiger partial charge in [0.1, 0.15) is 13.1 Å². The topological polar surface area (TPSA) is 15.5 Å². The predicted octanol–water partition coefficient (Wildman–Crippen LogP) is 4.31. The fraction of sp³-hybridized carbons (Fsp3) is 0.188. The molecule has 0 N–H and O–H groups in total. The van der Waals surface area contributed by atoms with Gasteiger partial charge < -0.3 is 0 Å². The summed E-state index contributed by atoms with van der Waals surface area (Å²) in [6, 6.07) is 26.4. The maximum Gasteiger partial charge on any atom is 0.173 e. The van der Waals surface area contributed by atoms with E-state index in [0.29, 0.717) is 0 Å². The lowest BCUT2D eigenvalue weighted by Crippen LogP contribution is -2.34. The van der Waals surface area contributed by atoms with E-state index in [-0.39, 0.29) is 0 Å². The van der Waals surface area contributed by atoms with E-state index in [1.165, 1.54) is 33.4 Å². The summed E-state index contributed by atoms with van der Waals surface area (Å²) in [5.74, 6) is 0. The third kappa shape index (κ3) is 5.72. The van der Waals surface area contributed by atoms with Crippen LogP contribution in [-0.2, 0) is 26.2 Å². The molecule has 0 unspecified atom stereocenters. The zero-order chi connectivity index (χ0) is 24.7. The molecule has 0 saturated heterocycles. The molecule has 0 radical (unpaired) electrons. The minimum absolute atomic E-state index is 0.855. The van der Waals surface area contributed by atoms with Crippen molar-refractivity contribution in [2.45, 2.75) is 40.0 Å². The Morgan fingerprint density at radius 1 is 0.417 bits per heavy atom. The number of aryl methyl sites for hydroxylation is 2. The molecular weight excluding hydrogens is 440 g/mol. The minimum Gasteiger partial charge on any atom is -0.205 e. The van der Waals surface area contributed by atoms with Crippen molar-refractivity contribution >= 4 is 0 Å². The molecule has 0 atom stereocenters. The second-order valence-corrected chi connectivity index (χ2v) is 9.17.